The summed E-state index contributed by atoms with van der Waals surface area (Å²) in [5.41, 5.74) is 2.52. The first-order valence-electron chi connectivity index (χ1n) is 8.61. The summed E-state index contributed by atoms with van der Waals surface area (Å²) in [5, 5.41) is 7.25. The van der Waals surface area contributed by atoms with E-state index in [1.54, 1.807) is 4.31 Å². The molecule has 0 saturated carbocycles. The lowest BCUT2D eigenvalue weighted by atomic mass is 9.90. The van der Waals surface area contributed by atoms with Crippen LogP contribution in [0.2, 0.25) is 0 Å². The zero-order valence-electron chi connectivity index (χ0n) is 14.2. The molecule has 1 N–H and O–H groups in total. The molecule has 0 aliphatic carbocycles. The number of hydrogen-bond acceptors (Lipinski definition) is 4. The Hall–Kier alpha value is -0.920. The van der Waals surface area contributed by atoms with E-state index in [0.29, 0.717) is 25.0 Å². The van der Waals surface area contributed by atoms with Gasteiger partial charge >= 0.3 is 0 Å². The zero-order valence-corrected chi connectivity index (χ0v) is 15.0. The van der Waals surface area contributed by atoms with Crippen LogP contribution in [0.1, 0.15) is 36.9 Å². The quantitative estimate of drug-likeness (QED) is 0.899. The molecule has 3 rings (SSSR count). The van der Waals surface area contributed by atoms with Crippen molar-refractivity contribution in [2.75, 3.05) is 32.4 Å². The van der Waals surface area contributed by atoms with Crippen LogP contribution in [0.25, 0.3) is 0 Å². The van der Waals surface area contributed by atoms with E-state index in [2.05, 4.69) is 22.0 Å². The van der Waals surface area contributed by atoms with Gasteiger partial charge in [-0.1, -0.05) is 0 Å². The standard InChI is InChI=1S/C16H28N4O2S/c1-13-11-17-18-16(13)10-14-4-3-7-19(12-14)15-5-8-20(9-6-15)23(2,21)22/h11,14-15H,3-10,12H2,1-2H3,(H,17,18)/t14-/m0/s1. The third-order valence-electron chi connectivity index (χ3n) is 5.39. The first-order valence-corrected chi connectivity index (χ1v) is 10.5. The highest BCUT2D eigenvalue weighted by atomic mass is 32.2. The molecule has 2 saturated heterocycles. The predicted molar refractivity (Wildman–Crippen MR) is 90.8 cm³/mol. The van der Waals surface area contributed by atoms with Crippen molar-refractivity contribution in [1.82, 2.24) is 19.4 Å². The first-order chi connectivity index (χ1) is 10.9. The molecule has 1 atom stereocenters. The van der Waals surface area contributed by atoms with Crippen LogP contribution in [0.3, 0.4) is 0 Å². The number of nitrogens with one attached hydrogen (secondary N) is 1. The van der Waals surface area contributed by atoms with Gasteiger partial charge in [-0.3, -0.25) is 5.10 Å². The third-order valence-corrected chi connectivity index (χ3v) is 6.69. The summed E-state index contributed by atoms with van der Waals surface area (Å²) in [4.78, 5) is 2.60. The Balaban J connectivity index is 1.54. The van der Waals surface area contributed by atoms with E-state index >= 15 is 0 Å². The number of piperidine rings is 2. The maximum Gasteiger partial charge on any atom is 0.211 e. The molecule has 23 heavy (non-hydrogen) atoms. The van der Waals surface area contributed by atoms with E-state index in [4.69, 9.17) is 0 Å². The van der Waals surface area contributed by atoms with Gasteiger partial charge in [0.15, 0.2) is 0 Å². The van der Waals surface area contributed by atoms with Gasteiger partial charge in [-0.2, -0.15) is 5.10 Å². The summed E-state index contributed by atoms with van der Waals surface area (Å²) in [6, 6.07) is 0.540. The largest absolute Gasteiger partial charge is 0.300 e. The molecule has 130 valence electrons. The summed E-state index contributed by atoms with van der Waals surface area (Å²) in [6.45, 7) is 5.74. The normalized spacial score (nSPS) is 25.7. The Labute approximate surface area is 139 Å². The zero-order chi connectivity index (χ0) is 16.4. The highest BCUT2D eigenvalue weighted by Gasteiger charge is 2.31. The van der Waals surface area contributed by atoms with Crippen molar-refractivity contribution in [3.63, 3.8) is 0 Å². The third kappa shape index (κ3) is 4.14. The minimum absolute atomic E-state index is 0.540. The van der Waals surface area contributed by atoms with Gasteiger partial charge in [0.2, 0.25) is 10.0 Å². The Morgan fingerprint density at radius 2 is 2.00 bits per heavy atom. The molecule has 3 heterocycles. The van der Waals surface area contributed by atoms with Gasteiger partial charge < -0.3 is 4.90 Å². The van der Waals surface area contributed by atoms with Crippen LogP contribution >= 0.6 is 0 Å². The van der Waals surface area contributed by atoms with E-state index in [1.165, 1.54) is 30.4 Å². The lowest BCUT2D eigenvalue weighted by molar-refractivity contribution is 0.0893. The van der Waals surface area contributed by atoms with Gasteiger partial charge in [0.1, 0.15) is 0 Å². The van der Waals surface area contributed by atoms with Crippen LogP contribution in [0.15, 0.2) is 6.20 Å². The lowest BCUT2D eigenvalue weighted by Crippen LogP contribution is -2.49. The number of aromatic nitrogens is 2. The molecule has 0 radical (unpaired) electrons. The molecule has 6 nitrogen and oxygen atoms in total. The Morgan fingerprint density at radius 1 is 1.26 bits per heavy atom. The molecule has 0 bridgehead atoms. The average molecular weight is 340 g/mol. The second kappa shape index (κ2) is 6.91. The van der Waals surface area contributed by atoms with Crippen molar-refractivity contribution in [2.24, 2.45) is 5.92 Å². The fourth-order valence-corrected chi connectivity index (χ4v) is 4.88. The number of nitrogens with zero attached hydrogens (tertiary/aromatic N) is 3. The first kappa shape index (κ1) is 16.9. The second-order valence-corrected chi connectivity index (χ2v) is 9.11. The maximum absolute atomic E-state index is 11.6. The summed E-state index contributed by atoms with van der Waals surface area (Å²) >= 11 is 0. The van der Waals surface area contributed by atoms with Gasteiger partial charge in [0, 0.05) is 31.4 Å². The van der Waals surface area contributed by atoms with E-state index in [-0.39, 0.29) is 0 Å². The molecule has 0 amide bonds. The molecule has 0 aromatic carbocycles. The molecule has 0 unspecified atom stereocenters. The molecular formula is C16H28N4O2S. The SMILES string of the molecule is Cc1cn[nH]c1C[C@@H]1CCCN(C2CCN(S(C)(=O)=O)CC2)C1. The number of aromatic amines is 1. The van der Waals surface area contributed by atoms with Crippen LogP contribution < -0.4 is 0 Å². The number of aryl methyl sites for hydroxylation is 1. The summed E-state index contributed by atoms with van der Waals surface area (Å²) in [7, 11) is -3.03. The fraction of sp³-hybridized carbons (Fsp3) is 0.812. The minimum atomic E-state index is -3.03. The number of sulfonamides is 1. The van der Waals surface area contributed by atoms with Gasteiger partial charge in [0.05, 0.1) is 12.5 Å². The van der Waals surface area contributed by atoms with Crippen LogP contribution in [-0.4, -0.2) is 66.3 Å². The molecule has 2 fully saturated rings. The van der Waals surface area contributed by atoms with Crippen molar-refractivity contribution in [1.29, 1.82) is 0 Å². The van der Waals surface area contributed by atoms with E-state index < -0.39 is 10.0 Å². The summed E-state index contributed by atoms with van der Waals surface area (Å²) in [5.74, 6) is 0.677. The molecule has 0 spiro atoms. The van der Waals surface area contributed by atoms with E-state index in [1.807, 2.05) is 6.20 Å². The Bertz CT molecular complexity index is 620. The summed E-state index contributed by atoms with van der Waals surface area (Å²) < 4.78 is 24.9. The van der Waals surface area contributed by atoms with Gasteiger partial charge in [0.25, 0.3) is 0 Å². The van der Waals surface area contributed by atoms with Crippen molar-refractivity contribution in [3.05, 3.63) is 17.5 Å². The minimum Gasteiger partial charge on any atom is -0.300 e. The van der Waals surface area contributed by atoms with Gasteiger partial charge in [-0.25, -0.2) is 12.7 Å². The smallest absolute Gasteiger partial charge is 0.211 e. The highest BCUT2D eigenvalue weighted by Crippen LogP contribution is 2.26. The lowest BCUT2D eigenvalue weighted by Gasteiger charge is -2.41. The topological polar surface area (TPSA) is 69.3 Å². The van der Waals surface area contributed by atoms with Crippen LogP contribution in [-0.2, 0) is 16.4 Å². The summed E-state index contributed by atoms with van der Waals surface area (Å²) in [6.07, 6.45) is 8.73. The maximum atomic E-state index is 11.6. The van der Waals surface area contributed by atoms with E-state index in [0.717, 1.165) is 32.4 Å². The molecule has 1 aromatic heterocycles. The van der Waals surface area contributed by atoms with Gasteiger partial charge in [-0.15, -0.1) is 0 Å². The molecule has 1 aromatic rings. The second-order valence-electron chi connectivity index (χ2n) is 7.13. The van der Waals surface area contributed by atoms with E-state index in [9.17, 15) is 8.42 Å². The molecule has 2 aliphatic rings. The van der Waals surface area contributed by atoms with Crippen molar-refractivity contribution < 1.29 is 8.42 Å². The van der Waals surface area contributed by atoms with Crippen molar-refractivity contribution in [3.8, 4) is 0 Å². The average Bonchev–Trinajstić information content (AvgIpc) is 2.92. The van der Waals surface area contributed by atoms with Crippen molar-refractivity contribution in [2.45, 2.75) is 45.1 Å². The highest BCUT2D eigenvalue weighted by molar-refractivity contribution is 7.88. The number of likely N-dealkylation sites (tertiary alicyclic amines) is 1. The number of hydrogen-bond donors (Lipinski definition) is 1. The van der Waals surface area contributed by atoms with Crippen molar-refractivity contribution >= 4 is 10.0 Å². The number of rotatable bonds is 4. The van der Waals surface area contributed by atoms with Gasteiger partial charge in [-0.05, 0) is 57.1 Å². The van der Waals surface area contributed by atoms with Crippen LogP contribution in [0.4, 0.5) is 0 Å². The molecule has 2 aliphatic heterocycles. The molecular weight excluding hydrogens is 312 g/mol. The Kier molecular flexibility index (Phi) is 5.08. The van der Waals surface area contributed by atoms with Crippen LogP contribution in [0, 0.1) is 12.8 Å². The predicted octanol–water partition coefficient (Wildman–Crippen LogP) is 1.40. The van der Waals surface area contributed by atoms with Crippen LogP contribution in [0.5, 0.6) is 0 Å². The fourth-order valence-electron chi connectivity index (χ4n) is 4.00. The monoisotopic (exact) mass is 340 g/mol. The Morgan fingerprint density at radius 3 is 2.61 bits per heavy atom. The number of H-pyrrole nitrogens is 1. The molecule has 7 heteroatoms.